The first-order chi connectivity index (χ1) is 14.6. The molecule has 0 saturated heterocycles. The van der Waals surface area contributed by atoms with Crippen molar-refractivity contribution in [1.29, 1.82) is 0 Å². The zero-order chi connectivity index (χ0) is 21.1. The maximum absolute atomic E-state index is 14.6. The lowest BCUT2D eigenvalue weighted by atomic mass is 10.1. The molecular formula is C23H17FN2O3S. The molecule has 0 fully saturated rings. The molecule has 1 aromatic heterocycles. The number of hydrogen-bond acceptors (Lipinski definition) is 5. The molecule has 4 aromatic rings. The molecule has 7 heteroatoms. The molecule has 0 saturated carbocycles. The second kappa shape index (κ2) is 8.51. The van der Waals surface area contributed by atoms with E-state index >= 15 is 0 Å². The lowest BCUT2D eigenvalue weighted by Crippen LogP contribution is -2.22. The van der Waals surface area contributed by atoms with Gasteiger partial charge >= 0.3 is 0 Å². The first-order valence-corrected chi connectivity index (χ1v) is 10.1. The van der Waals surface area contributed by atoms with Gasteiger partial charge in [-0.2, -0.15) is 0 Å². The predicted octanol–water partition coefficient (Wildman–Crippen LogP) is 4.64. The Morgan fingerprint density at radius 1 is 1.10 bits per heavy atom. The number of aromatic nitrogens is 2. The fourth-order valence-corrected chi connectivity index (χ4v) is 4.17. The van der Waals surface area contributed by atoms with Crippen molar-refractivity contribution in [1.82, 2.24) is 9.55 Å². The number of thioether (sulfide) groups is 1. The van der Waals surface area contributed by atoms with Crippen LogP contribution in [0.25, 0.3) is 16.6 Å². The summed E-state index contributed by atoms with van der Waals surface area (Å²) in [5.41, 5.74) is 1.61. The number of carbonyl (C=O) groups is 1. The minimum Gasteiger partial charge on any atom is -0.496 e. The van der Waals surface area contributed by atoms with E-state index < -0.39 is 5.82 Å². The van der Waals surface area contributed by atoms with Crippen molar-refractivity contribution in [3.8, 4) is 11.4 Å². The zero-order valence-corrected chi connectivity index (χ0v) is 16.9. The molecule has 0 aliphatic carbocycles. The van der Waals surface area contributed by atoms with E-state index in [0.29, 0.717) is 33.1 Å². The Balaban J connectivity index is 1.85. The second-order valence-corrected chi connectivity index (χ2v) is 7.42. The van der Waals surface area contributed by atoms with E-state index in [9.17, 15) is 14.0 Å². The Kier molecular flexibility index (Phi) is 5.63. The number of benzene rings is 3. The number of para-hydroxylation sites is 2. The third-order valence-corrected chi connectivity index (χ3v) is 5.62. The van der Waals surface area contributed by atoms with Crippen molar-refractivity contribution in [3.05, 3.63) is 94.0 Å². The van der Waals surface area contributed by atoms with Crippen LogP contribution in [0.4, 0.5) is 4.39 Å². The number of aldehydes is 1. The lowest BCUT2D eigenvalue weighted by Gasteiger charge is -2.14. The van der Waals surface area contributed by atoms with Gasteiger partial charge in [-0.1, -0.05) is 36.0 Å². The molecule has 1 heterocycles. The molecule has 3 aromatic carbocycles. The van der Waals surface area contributed by atoms with Gasteiger partial charge in [0.1, 0.15) is 17.9 Å². The standard InChI is InChI=1S/C23H17FN2O3S/c1-29-21-11-10-15(13-27)12-16(21)14-30-23-25-19-8-4-2-6-17(19)22(28)26(23)20-9-5-3-7-18(20)24/h2-13H,14H2,1H3. The van der Waals surface area contributed by atoms with Crippen molar-refractivity contribution in [2.75, 3.05) is 7.11 Å². The van der Waals surface area contributed by atoms with Gasteiger partial charge in [0, 0.05) is 16.9 Å². The van der Waals surface area contributed by atoms with Gasteiger partial charge in [0.2, 0.25) is 0 Å². The Morgan fingerprint density at radius 2 is 1.87 bits per heavy atom. The zero-order valence-electron chi connectivity index (χ0n) is 16.0. The van der Waals surface area contributed by atoms with Gasteiger partial charge in [-0.15, -0.1) is 0 Å². The van der Waals surface area contributed by atoms with Crippen molar-refractivity contribution >= 4 is 29.0 Å². The maximum Gasteiger partial charge on any atom is 0.266 e. The minimum absolute atomic E-state index is 0.136. The van der Waals surface area contributed by atoms with Crippen LogP contribution in [0.1, 0.15) is 15.9 Å². The average Bonchev–Trinajstić information content (AvgIpc) is 2.78. The van der Waals surface area contributed by atoms with Gasteiger partial charge in [-0.25, -0.2) is 9.37 Å². The summed E-state index contributed by atoms with van der Waals surface area (Å²) in [6.45, 7) is 0. The number of halogens is 1. The van der Waals surface area contributed by atoms with Gasteiger partial charge in [0.05, 0.1) is 23.7 Å². The van der Waals surface area contributed by atoms with Gasteiger partial charge < -0.3 is 4.74 Å². The summed E-state index contributed by atoms with van der Waals surface area (Å²) in [6, 6.07) is 18.2. The topological polar surface area (TPSA) is 61.2 Å². The van der Waals surface area contributed by atoms with E-state index in [-0.39, 0.29) is 11.2 Å². The van der Waals surface area contributed by atoms with Gasteiger partial charge in [0.15, 0.2) is 5.16 Å². The summed E-state index contributed by atoms with van der Waals surface area (Å²) >= 11 is 1.27. The Morgan fingerprint density at radius 3 is 2.63 bits per heavy atom. The molecule has 0 radical (unpaired) electrons. The number of ether oxygens (including phenoxy) is 1. The normalized spacial score (nSPS) is 10.9. The summed E-state index contributed by atoms with van der Waals surface area (Å²) in [7, 11) is 1.55. The van der Waals surface area contributed by atoms with Crippen LogP contribution in [-0.4, -0.2) is 22.9 Å². The fraction of sp³-hybridized carbons (Fsp3) is 0.0870. The van der Waals surface area contributed by atoms with Gasteiger partial charge in [0.25, 0.3) is 5.56 Å². The van der Waals surface area contributed by atoms with Crippen molar-refractivity contribution in [3.63, 3.8) is 0 Å². The van der Waals surface area contributed by atoms with E-state index in [4.69, 9.17) is 4.74 Å². The monoisotopic (exact) mass is 420 g/mol. The highest BCUT2D eigenvalue weighted by molar-refractivity contribution is 7.98. The van der Waals surface area contributed by atoms with Crippen LogP contribution >= 0.6 is 11.8 Å². The average molecular weight is 420 g/mol. The molecular weight excluding hydrogens is 403 g/mol. The summed E-state index contributed by atoms with van der Waals surface area (Å²) < 4.78 is 21.2. The Bertz CT molecular complexity index is 1300. The maximum atomic E-state index is 14.6. The van der Waals surface area contributed by atoms with Crippen LogP contribution in [0.2, 0.25) is 0 Å². The molecule has 0 spiro atoms. The number of fused-ring (bicyclic) bond motifs is 1. The highest BCUT2D eigenvalue weighted by Gasteiger charge is 2.17. The summed E-state index contributed by atoms with van der Waals surface area (Å²) in [4.78, 5) is 29.0. The van der Waals surface area contributed by atoms with E-state index in [1.165, 1.54) is 22.4 Å². The van der Waals surface area contributed by atoms with E-state index in [1.807, 2.05) is 0 Å². The smallest absolute Gasteiger partial charge is 0.266 e. The molecule has 30 heavy (non-hydrogen) atoms. The third kappa shape index (κ3) is 3.71. The minimum atomic E-state index is -0.515. The summed E-state index contributed by atoms with van der Waals surface area (Å²) in [5, 5.41) is 0.757. The summed E-state index contributed by atoms with van der Waals surface area (Å²) in [5.74, 6) is 0.483. The number of nitrogens with zero attached hydrogens (tertiary/aromatic N) is 2. The molecule has 0 atom stereocenters. The number of carbonyl (C=O) groups excluding carboxylic acids is 1. The molecule has 4 rings (SSSR count). The van der Waals surface area contributed by atoms with Crippen molar-refractivity contribution in [2.24, 2.45) is 0 Å². The molecule has 0 unspecified atom stereocenters. The fourth-order valence-electron chi connectivity index (χ4n) is 3.18. The third-order valence-electron chi connectivity index (χ3n) is 4.64. The molecule has 0 amide bonds. The highest BCUT2D eigenvalue weighted by atomic mass is 32.2. The number of rotatable bonds is 6. The van der Waals surface area contributed by atoms with Gasteiger partial charge in [-0.05, 0) is 42.5 Å². The van der Waals surface area contributed by atoms with Crippen molar-refractivity contribution in [2.45, 2.75) is 10.9 Å². The van der Waals surface area contributed by atoms with E-state index in [1.54, 1.807) is 67.8 Å². The summed E-state index contributed by atoms with van der Waals surface area (Å²) in [6.07, 6.45) is 0.761. The SMILES string of the molecule is COc1ccc(C=O)cc1CSc1nc2ccccc2c(=O)n1-c1ccccc1F. The predicted molar refractivity (Wildman–Crippen MR) is 115 cm³/mol. The molecule has 150 valence electrons. The van der Waals surface area contributed by atoms with Crippen LogP contribution < -0.4 is 10.3 Å². The number of methoxy groups -OCH3 is 1. The van der Waals surface area contributed by atoms with Crippen LogP contribution in [-0.2, 0) is 5.75 Å². The van der Waals surface area contributed by atoms with E-state index in [0.717, 1.165) is 11.8 Å². The first kappa shape index (κ1) is 19.8. The molecule has 5 nitrogen and oxygen atoms in total. The Labute approximate surface area is 176 Å². The largest absolute Gasteiger partial charge is 0.496 e. The molecule has 0 N–H and O–H groups in total. The lowest BCUT2D eigenvalue weighted by molar-refractivity contribution is 0.112. The first-order valence-electron chi connectivity index (χ1n) is 9.14. The van der Waals surface area contributed by atoms with Gasteiger partial charge in [-0.3, -0.25) is 14.2 Å². The van der Waals surface area contributed by atoms with Crippen molar-refractivity contribution < 1.29 is 13.9 Å². The highest BCUT2D eigenvalue weighted by Crippen LogP contribution is 2.29. The second-order valence-electron chi connectivity index (χ2n) is 6.48. The molecule has 0 aliphatic rings. The quantitative estimate of drug-likeness (QED) is 0.258. The van der Waals surface area contributed by atoms with Crippen LogP contribution in [0.3, 0.4) is 0 Å². The van der Waals surface area contributed by atoms with Crippen LogP contribution in [0, 0.1) is 5.82 Å². The van der Waals surface area contributed by atoms with Crippen LogP contribution in [0.5, 0.6) is 5.75 Å². The molecule has 0 aliphatic heterocycles. The van der Waals surface area contributed by atoms with Crippen LogP contribution in [0.15, 0.2) is 76.7 Å². The molecule has 0 bridgehead atoms. The Hall–Kier alpha value is -3.45. The van der Waals surface area contributed by atoms with E-state index in [2.05, 4.69) is 4.98 Å². The number of hydrogen-bond donors (Lipinski definition) is 0.